The quantitative estimate of drug-likeness (QED) is 0.587. The largest absolute Gasteiger partial charge is 0.497 e. The molecule has 1 aliphatic rings. The molecule has 4 rings (SSSR count). The minimum absolute atomic E-state index is 0.0262. The summed E-state index contributed by atoms with van der Waals surface area (Å²) in [6.45, 7) is -3.00. The molecule has 0 saturated carbocycles. The highest BCUT2D eigenvalue weighted by atomic mass is 32.2. The third kappa shape index (κ3) is 4.41. The molecule has 1 heterocycles. The van der Waals surface area contributed by atoms with E-state index in [2.05, 4.69) is 4.72 Å². The van der Waals surface area contributed by atoms with Gasteiger partial charge in [-0.05, 0) is 42.0 Å². The second kappa shape index (κ2) is 8.07. The van der Waals surface area contributed by atoms with Crippen LogP contribution in [0, 0.1) is 0 Å². The molecule has 0 bridgehead atoms. The molecule has 0 spiro atoms. The van der Waals surface area contributed by atoms with Crippen LogP contribution in [0.25, 0.3) is 11.1 Å². The second-order valence-electron chi connectivity index (χ2n) is 6.96. The molecule has 1 atom stereocenters. The summed E-state index contributed by atoms with van der Waals surface area (Å²) >= 11 is 0. The molecular formula is C22H19F2NO5S. The Bertz CT molecular complexity index is 1230. The van der Waals surface area contributed by atoms with Crippen molar-refractivity contribution in [3.8, 4) is 28.4 Å². The molecule has 31 heavy (non-hydrogen) atoms. The Hall–Kier alpha value is -3.33. The van der Waals surface area contributed by atoms with Gasteiger partial charge in [0, 0.05) is 16.8 Å². The zero-order chi connectivity index (χ0) is 22.2. The number of hydrogen-bond acceptors (Lipinski definition) is 5. The first-order chi connectivity index (χ1) is 14.7. The van der Waals surface area contributed by atoms with Crippen LogP contribution in [0.5, 0.6) is 17.2 Å². The standard InChI is InChI=1S/C22H19F2NO5S/c1-28-15-6-3-5-13(11-15)21-17-12-14(25-31(2,26)27)9-10-16(17)20-18(29-21)7-4-8-19(20)30-22(23)24/h3-12,21-22,25H,1-2H3. The highest BCUT2D eigenvalue weighted by Crippen LogP contribution is 2.50. The molecule has 0 amide bonds. The SMILES string of the molecule is COc1cccc(C2Oc3cccc(OC(F)F)c3-c3ccc(NS(C)(=O)=O)cc32)c1. The Labute approximate surface area is 178 Å². The summed E-state index contributed by atoms with van der Waals surface area (Å²) in [5.74, 6) is 0.970. The van der Waals surface area contributed by atoms with Crippen LogP contribution in [0.1, 0.15) is 17.2 Å². The number of halogens is 2. The van der Waals surface area contributed by atoms with Crippen molar-refractivity contribution >= 4 is 15.7 Å². The fourth-order valence-electron chi connectivity index (χ4n) is 3.60. The van der Waals surface area contributed by atoms with Crippen LogP contribution in [0.4, 0.5) is 14.5 Å². The Morgan fingerprint density at radius 1 is 1.06 bits per heavy atom. The number of benzene rings is 3. The van der Waals surface area contributed by atoms with Crippen molar-refractivity contribution in [2.75, 3.05) is 18.1 Å². The maximum Gasteiger partial charge on any atom is 0.387 e. The van der Waals surface area contributed by atoms with Gasteiger partial charge >= 0.3 is 6.61 Å². The van der Waals surface area contributed by atoms with Crippen molar-refractivity contribution in [1.82, 2.24) is 0 Å². The molecule has 0 radical (unpaired) electrons. The number of methoxy groups -OCH3 is 1. The number of hydrogen-bond donors (Lipinski definition) is 1. The summed E-state index contributed by atoms with van der Waals surface area (Å²) in [6.07, 6.45) is 0.424. The van der Waals surface area contributed by atoms with Crippen molar-refractivity contribution in [1.29, 1.82) is 0 Å². The summed E-state index contributed by atoms with van der Waals surface area (Å²) < 4.78 is 68.1. The zero-order valence-corrected chi connectivity index (χ0v) is 17.5. The Morgan fingerprint density at radius 2 is 1.84 bits per heavy atom. The molecule has 0 fully saturated rings. The van der Waals surface area contributed by atoms with Crippen LogP contribution < -0.4 is 18.9 Å². The molecule has 3 aromatic rings. The molecule has 3 aromatic carbocycles. The predicted molar refractivity (Wildman–Crippen MR) is 112 cm³/mol. The van der Waals surface area contributed by atoms with E-state index in [0.717, 1.165) is 11.8 Å². The summed E-state index contributed by atoms with van der Waals surface area (Å²) in [6, 6.07) is 16.8. The van der Waals surface area contributed by atoms with Gasteiger partial charge in [-0.3, -0.25) is 4.72 Å². The Balaban J connectivity index is 1.91. The van der Waals surface area contributed by atoms with E-state index in [1.54, 1.807) is 49.6 Å². The molecule has 1 N–H and O–H groups in total. The average Bonchev–Trinajstić information content (AvgIpc) is 2.71. The summed E-state index contributed by atoms with van der Waals surface area (Å²) in [5, 5.41) is 0. The summed E-state index contributed by atoms with van der Waals surface area (Å²) in [5.41, 5.74) is 2.66. The number of sulfonamides is 1. The lowest BCUT2D eigenvalue weighted by Gasteiger charge is -2.31. The molecule has 9 heteroatoms. The lowest BCUT2D eigenvalue weighted by atomic mass is 9.88. The number of ether oxygens (including phenoxy) is 3. The van der Waals surface area contributed by atoms with Gasteiger partial charge in [0.15, 0.2) is 0 Å². The highest BCUT2D eigenvalue weighted by Gasteiger charge is 2.31. The monoisotopic (exact) mass is 447 g/mol. The van der Waals surface area contributed by atoms with Crippen molar-refractivity contribution < 1.29 is 31.4 Å². The highest BCUT2D eigenvalue weighted by molar-refractivity contribution is 7.92. The van der Waals surface area contributed by atoms with Crippen molar-refractivity contribution in [3.63, 3.8) is 0 Å². The lowest BCUT2D eigenvalue weighted by molar-refractivity contribution is -0.0496. The second-order valence-corrected chi connectivity index (χ2v) is 8.71. The van der Waals surface area contributed by atoms with Crippen LogP contribution in [-0.2, 0) is 10.0 Å². The van der Waals surface area contributed by atoms with E-state index >= 15 is 0 Å². The van der Waals surface area contributed by atoms with Gasteiger partial charge < -0.3 is 14.2 Å². The number of alkyl halides is 2. The van der Waals surface area contributed by atoms with Crippen molar-refractivity contribution in [2.24, 2.45) is 0 Å². The Kier molecular flexibility index (Phi) is 5.45. The van der Waals surface area contributed by atoms with Gasteiger partial charge in [-0.15, -0.1) is 0 Å². The fraction of sp³-hybridized carbons (Fsp3) is 0.182. The van der Waals surface area contributed by atoms with E-state index in [9.17, 15) is 17.2 Å². The molecule has 1 aliphatic heterocycles. The Morgan fingerprint density at radius 3 is 2.55 bits per heavy atom. The van der Waals surface area contributed by atoms with Crippen LogP contribution in [0.15, 0.2) is 60.7 Å². The molecule has 6 nitrogen and oxygen atoms in total. The van der Waals surface area contributed by atoms with E-state index in [1.165, 1.54) is 6.07 Å². The smallest absolute Gasteiger partial charge is 0.387 e. The number of fused-ring (bicyclic) bond motifs is 3. The topological polar surface area (TPSA) is 73.9 Å². The summed E-state index contributed by atoms with van der Waals surface area (Å²) in [4.78, 5) is 0. The van der Waals surface area contributed by atoms with Gasteiger partial charge in [-0.1, -0.05) is 24.3 Å². The first kappa shape index (κ1) is 20.9. The molecule has 0 aromatic heterocycles. The van der Waals surface area contributed by atoms with E-state index in [0.29, 0.717) is 33.9 Å². The van der Waals surface area contributed by atoms with Gasteiger partial charge in [0.25, 0.3) is 0 Å². The van der Waals surface area contributed by atoms with E-state index in [-0.39, 0.29) is 5.75 Å². The number of nitrogens with one attached hydrogen (secondary N) is 1. The third-order valence-corrected chi connectivity index (χ3v) is 5.36. The molecule has 1 unspecified atom stereocenters. The van der Waals surface area contributed by atoms with E-state index < -0.39 is 22.7 Å². The number of anilines is 1. The van der Waals surface area contributed by atoms with Gasteiger partial charge in [-0.25, -0.2) is 8.42 Å². The lowest BCUT2D eigenvalue weighted by Crippen LogP contribution is -2.18. The maximum atomic E-state index is 13.0. The van der Waals surface area contributed by atoms with Crippen LogP contribution in [-0.4, -0.2) is 28.4 Å². The molecular weight excluding hydrogens is 428 g/mol. The first-order valence-electron chi connectivity index (χ1n) is 9.25. The van der Waals surface area contributed by atoms with Crippen LogP contribution in [0.2, 0.25) is 0 Å². The first-order valence-corrected chi connectivity index (χ1v) is 11.1. The van der Waals surface area contributed by atoms with E-state index in [1.807, 2.05) is 12.1 Å². The maximum absolute atomic E-state index is 13.0. The summed E-state index contributed by atoms with van der Waals surface area (Å²) in [7, 11) is -1.97. The van der Waals surface area contributed by atoms with Crippen LogP contribution >= 0.6 is 0 Å². The van der Waals surface area contributed by atoms with Crippen molar-refractivity contribution in [3.05, 3.63) is 71.8 Å². The van der Waals surface area contributed by atoms with Gasteiger partial charge in [0.05, 0.1) is 18.9 Å². The molecule has 0 saturated heterocycles. The zero-order valence-electron chi connectivity index (χ0n) is 16.6. The van der Waals surface area contributed by atoms with Gasteiger partial charge in [0.1, 0.15) is 23.4 Å². The normalized spacial score (nSPS) is 14.9. The molecule has 0 aliphatic carbocycles. The fourth-order valence-corrected chi connectivity index (χ4v) is 4.15. The van der Waals surface area contributed by atoms with Crippen LogP contribution in [0.3, 0.4) is 0 Å². The van der Waals surface area contributed by atoms with E-state index in [4.69, 9.17) is 14.2 Å². The predicted octanol–water partition coefficient (Wildman–Crippen LogP) is 4.82. The van der Waals surface area contributed by atoms with Gasteiger partial charge in [-0.2, -0.15) is 8.78 Å². The minimum Gasteiger partial charge on any atom is -0.497 e. The van der Waals surface area contributed by atoms with Crippen molar-refractivity contribution in [2.45, 2.75) is 12.7 Å². The molecule has 162 valence electrons. The number of rotatable bonds is 6. The average molecular weight is 447 g/mol. The third-order valence-electron chi connectivity index (χ3n) is 4.75. The van der Waals surface area contributed by atoms with Gasteiger partial charge in [0.2, 0.25) is 10.0 Å². The minimum atomic E-state index is -3.52.